The van der Waals surface area contributed by atoms with E-state index in [9.17, 15) is 4.39 Å². The van der Waals surface area contributed by atoms with E-state index >= 15 is 0 Å². The molecule has 0 saturated heterocycles. The van der Waals surface area contributed by atoms with E-state index in [1.165, 1.54) is 23.3 Å². The van der Waals surface area contributed by atoms with Gasteiger partial charge in [0, 0.05) is 30.1 Å². The number of hydrogen-bond donors (Lipinski definition) is 2. The van der Waals surface area contributed by atoms with E-state index in [0.717, 1.165) is 11.3 Å². The predicted octanol–water partition coefficient (Wildman–Crippen LogP) is 5.12. The number of aromatic nitrogens is 1. The van der Waals surface area contributed by atoms with Gasteiger partial charge in [-0.2, -0.15) is 0 Å². The van der Waals surface area contributed by atoms with Crippen molar-refractivity contribution in [2.75, 3.05) is 5.32 Å². The second-order valence-corrected chi connectivity index (χ2v) is 6.54. The van der Waals surface area contributed by atoms with Crippen LogP contribution in [0.1, 0.15) is 16.7 Å². The quantitative estimate of drug-likeness (QED) is 0.601. The lowest BCUT2D eigenvalue weighted by Gasteiger charge is -2.14. The van der Waals surface area contributed by atoms with Crippen LogP contribution in [0.2, 0.25) is 0 Å². The molecular weight excluding hydrogens is 361 g/mol. The third-order valence-corrected chi connectivity index (χ3v) is 4.31. The SMILES string of the molecule is Cc1ccc(NC(=S)NCc2cccnc2Oc2cccc(F)c2)cc1C. The molecule has 0 aliphatic heterocycles. The molecule has 3 rings (SSSR count). The highest BCUT2D eigenvalue weighted by atomic mass is 32.1. The number of hydrogen-bond acceptors (Lipinski definition) is 3. The molecule has 0 bridgehead atoms. The molecule has 138 valence electrons. The smallest absolute Gasteiger partial charge is 0.224 e. The Labute approximate surface area is 163 Å². The summed E-state index contributed by atoms with van der Waals surface area (Å²) in [7, 11) is 0. The van der Waals surface area contributed by atoms with Crippen LogP contribution < -0.4 is 15.4 Å². The molecular formula is C21H20FN3OS. The summed E-state index contributed by atoms with van der Waals surface area (Å²) in [6.45, 7) is 4.55. The summed E-state index contributed by atoms with van der Waals surface area (Å²) in [5.41, 5.74) is 4.17. The van der Waals surface area contributed by atoms with E-state index in [-0.39, 0.29) is 5.82 Å². The lowest BCUT2D eigenvalue weighted by molar-refractivity contribution is 0.451. The third-order valence-electron chi connectivity index (χ3n) is 4.06. The molecule has 0 atom stereocenters. The van der Waals surface area contributed by atoms with Crippen LogP contribution in [-0.2, 0) is 6.54 Å². The van der Waals surface area contributed by atoms with Crippen molar-refractivity contribution in [1.29, 1.82) is 0 Å². The lowest BCUT2D eigenvalue weighted by atomic mass is 10.1. The van der Waals surface area contributed by atoms with Crippen LogP contribution in [0.25, 0.3) is 0 Å². The number of thiocarbonyl (C=S) groups is 1. The minimum absolute atomic E-state index is 0.359. The van der Waals surface area contributed by atoms with Crippen molar-refractivity contribution in [2.24, 2.45) is 0 Å². The number of pyridine rings is 1. The number of benzene rings is 2. The van der Waals surface area contributed by atoms with E-state index in [2.05, 4.69) is 29.5 Å². The van der Waals surface area contributed by atoms with Crippen molar-refractivity contribution in [1.82, 2.24) is 10.3 Å². The summed E-state index contributed by atoms with van der Waals surface area (Å²) in [5.74, 6) is 0.442. The largest absolute Gasteiger partial charge is 0.439 e. The first kappa shape index (κ1) is 18.8. The molecule has 0 saturated carbocycles. The number of rotatable bonds is 5. The highest BCUT2D eigenvalue weighted by Crippen LogP contribution is 2.23. The monoisotopic (exact) mass is 381 g/mol. The molecule has 0 aliphatic carbocycles. The van der Waals surface area contributed by atoms with Gasteiger partial charge in [-0.15, -0.1) is 0 Å². The maximum Gasteiger partial charge on any atom is 0.224 e. The second kappa shape index (κ2) is 8.60. The molecule has 0 spiro atoms. The molecule has 0 amide bonds. The average Bonchev–Trinajstić information content (AvgIpc) is 2.64. The van der Waals surface area contributed by atoms with E-state index in [1.54, 1.807) is 18.3 Å². The standard InChI is InChI=1S/C21H20FN3OS/c1-14-8-9-18(11-15(14)2)25-21(27)24-13-16-5-4-10-23-20(16)26-19-7-3-6-17(22)12-19/h3-12H,13H2,1-2H3,(H2,24,25,27). The van der Waals surface area contributed by atoms with Crippen LogP contribution in [-0.4, -0.2) is 10.1 Å². The molecule has 0 radical (unpaired) electrons. The van der Waals surface area contributed by atoms with E-state index in [4.69, 9.17) is 17.0 Å². The van der Waals surface area contributed by atoms with Gasteiger partial charge in [-0.05, 0) is 67.5 Å². The Kier molecular flexibility index (Phi) is 5.98. The van der Waals surface area contributed by atoms with Gasteiger partial charge in [0.15, 0.2) is 5.11 Å². The van der Waals surface area contributed by atoms with Gasteiger partial charge in [-0.3, -0.25) is 0 Å². The van der Waals surface area contributed by atoms with Crippen molar-refractivity contribution in [2.45, 2.75) is 20.4 Å². The van der Waals surface area contributed by atoms with Gasteiger partial charge in [0.25, 0.3) is 0 Å². The van der Waals surface area contributed by atoms with Crippen molar-refractivity contribution in [3.05, 3.63) is 83.3 Å². The zero-order valence-electron chi connectivity index (χ0n) is 15.1. The normalized spacial score (nSPS) is 10.3. The minimum atomic E-state index is -0.359. The van der Waals surface area contributed by atoms with Gasteiger partial charge in [0.2, 0.25) is 5.88 Å². The van der Waals surface area contributed by atoms with E-state index in [0.29, 0.717) is 23.3 Å². The Morgan fingerprint density at radius 2 is 1.93 bits per heavy atom. The van der Waals surface area contributed by atoms with Crippen molar-refractivity contribution in [3.8, 4) is 11.6 Å². The molecule has 1 aromatic heterocycles. The van der Waals surface area contributed by atoms with Gasteiger partial charge < -0.3 is 15.4 Å². The zero-order valence-corrected chi connectivity index (χ0v) is 15.9. The molecule has 1 heterocycles. The lowest BCUT2D eigenvalue weighted by Crippen LogP contribution is -2.28. The maximum atomic E-state index is 13.3. The fraction of sp³-hybridized carbons (Fsp3) is 0.143. The molecule has 2 N–H and O–H groups in total. The van der Waals surface area contributed by atoms with Crippen molar-refractivity contribution < 1.29 is 9.13 Å². The first-order valence-corrected chi connectivity index (χ1v) is 8.91. The molecule has 0 aliphatic rings. The first-order valence-electron chi connectivity index (χ1n) is 8.51. The second-order valence-electron chi connectivity index (χ2n) is 6.13. The molecule has 27 heavy (non-hydrogen) atoms. The fourth-order valence-corrected chi connectivity index (χ4v) is 2.65. The Morgan fingerprint density at radius 3 is 2.70 bits per heavy atom. The zero-order chi connectivity index (χ0) is 19.2. The molecule has 2 aromatic carbocycles. The fourth-order valence-electron chi connectivity index (χ4n) is 2.46. The van der Waals surface area contributed by atoms with Crippen LogP contribution in [0, 0.1) is 19.7 Å². The molecule has 4 nitrogen and oxygen atoms in total. The number of nitrogens with zero attached hydrogens (tertiary/aromatic N) is 1. The highest BCUT2D eigenvalue weighted by molar-refractivity contribution is 7.80. The highest BCUT2D eigenvalue weighted by Gasteiger charge is 2.08. The summed E-state index contributed by atoms with van der Waals surface area (Å²) >= 11 is 5.37. The summed E-state index contributed by atoms with van der Waals surface area (Å²) < 4.78 is 19.1. The number of nitrogens with one attached hydrogen (secondary N) is 2. The predicted molar refractivity (Wildman–Crippen MR) is 110 cm³/mol. The molecule has 6 heteroatoms. The summed E-state index contributed by atoms with van der Waals surface area (Å²) in [4.78, 5) is 4.24. The average molecular weight is 381 g/mol. The first-order chi connectivity index (χ1) is 13.0. The maximum absolute atomic E-state index is 13.3. The summed E-state index contributed by atoms with van der Waals surface area (Å²) in [5, 5.41) is 6.81. The van der Waals surface area contributed by atoms with E-state index < -0.39 is 0 Å². The Bertz CT molecular complexity index is 962. The number of halogens is 1. The summed E-state index contributed by atoms with van der Waals surface area (Å²) in [6, 6.07) is 15.7. The molecule has 0 fully saturated rings. The van der Waals surface area contributed by atoms with Crippen LogP contribution in [0.15, 0.2) is 60.8 Å². The van der Waals surface area contributed by atoms with Crippen molar-refractivity contribution in [3.63, 3.8) is 0 Å². The number of anilines is 1. The third kappa shape index (κ3) is 5.24. The number of aryl methyl sites for hydroxylation is 2. The van der Waals surface area contributed by atoms with Gasteiger partial charge in [-0.1, -0.05) is 18.2 Å². The van der Waals surface area contributed by atoms with Gasteiger partial charge >= 0.3 is 0 Å². The summed E-state index contributed by atoms with van der Waals surface area (Å²) in [6.07, 6.45) is 1.63. The van der Waals surface area contributed by atoms with Crippen LogP contribution >= 0.6 is 12.2 Å². The van der Waals surface area contributed by atoms with Crippen LogP contribution in [0.5, 0.6) is 11.6 Å². The Balaban J connectivity index is 1.63. The number of ether oxygens (including phenoxy) is 1. The van der Waals surface area contributed by atoms with Crippen LogP contribution in [0.4, 0.5) is 10.1 Å². The van der Waals surface area contributed by atoms with Gasteiger partial charge in [-0.25, -0.2) is 9.37 Å². The Hall–Kier alpha value is -2.99. The van der Waals surface area contributed by atoms with E-state index in [1.807, 2.05) is 30.3 Å². The molecule has 0 unspecified atom stereocenters. The topological polar surface area (TPSA) is 46.2 Å². The Morgan fingerprint density at radius 1 is 1.07 bits per heavy atom. The van der Waals surface area contributed by atoms with Gasteiger partial charge in [0.05, 0.1) is 0 Å². The molecule has 3 aromatic rings. The van der Waals surface area contributed by atoms with Crippen LogP contribution in [0.3, 0.4) is 0 Å². The van der Waals surface area contributed by atoms with Gasteiger partial charge in [0.1, 0.15) is 11.6 Å². The minimum Gasteiger partial charge on any atom is -0.439 e. The van der Waals surface area contributed by atoms with Crippen molar-refractivity contribution >= 4 is 23.0 Å².